The van der Waals surface area contributed by atoms with E-state index in [1.165, 1.54) is 6.92 Å². The lowest BCUT2D eigenvalue weighted by atomic mass is 10.2. The van der Waals surface area contributed by atoms with Crippen LogP contribution in [0.15, 0.2) is 24.3 Å². The van der Waals surface area contributed by atoms with Crippen molar-refractivity contribution in [1.82, 2.24) is 5.32 Å². The minimum Gasteiger partial charge on any atom is -0.444 e. The number of carbonyl (C=O) groups is 4. The molecule has 8 heteroatoms. The van der Waals surface area contributed by atoms with Crippen molar-refractivity contribution in [2.75, 3.05) is 17.2 Å². The fourth-order valence-electron chi connectivity index (χ4n) is 2.00. The largest absolute Gasteiger partial charge is 0.444 e. The zero-order valence-electron chi connectivity index (χ0n) is 16.2. The molecule has 0 saturated heterocycles. The molecule has 0 aliphatic carbocycles. The summed E-state index contributed by atoms with van der Waals surface area (Å²) in [4.78, 5) is 46.1. The van der Waals surface area contributed by atoms with Gasteiger partial charge < -0.3 is 25.5 Å². The molecule has 1 rings (SSSR count). The summed E-state index contributed by atoms with van der Waals surface area (Å²) < 4.78 is 5.08. The van der Waals surface area contributed by atoms with Crippen LogP contribution in [0.25, 0.3) is 0 Å². The topological polar surface area (TPSA) is 114 Å². The number of Topliss-reactive ketones (excluding diaryl/α,β-unsaturated/α-hetero) is 1. The molecule has 0 aliphatic heterocycles. The maximum atomic E-state index is 12.0. The second kappa shape index (κ2) is 10.3. The zero-order valence-corrected chi connectivity index (χ0v) is 16.2. The molecule has 3 amide bonds. The smallest absolute Gasteiger partial charge is 0.407 e. The molecule has 1 aromatic rings. The molecule has 3 N–H and O–H groups in total. The van der Waals surface area contributed by atoms with Crippen LogP contribution < -0.4 is 16.0 Å². The fraction of sp³-hybridized carbons (Fsp3) is 0.474. The Bertz CT molecular complexity index is 695. The van der Waals surface area contributed by atoms with Gasteiger partial charge in [0.05, 0.1) is 0 Å². The lowest BCUT2D eigenvalue weighted by molar-refractivity contribution is -0.121. The van der Waals surface area contributed by atoms with Gasteiger partial charge in [-0.15, -0.1) is 0 Å². The number of ether oxygens (including phenoxy) is 1. The number of carbonyl (C=O) groups excluding carboxylic acids is 4. The molecule has 0 atom stereocenters. The summed E-state index contributed by atoms with van der Waals surface area (Å²) >= 11 is 0. The Morgan fingerprint density at radius 1 is 0.926 bits per heavy atom. The van der Waals surface area contributed by atoms with Crippen LogP contribution in [0.1, 0.15) is 47.0 Å². The molecule has 0 bridgehead atoms. The Morgan fingerprint density at radius 2 is 1.48 bits per heavy atom. The number of benzene rings is 1. The predicted octanol–water partition coefficient (Wildman–Crippen LogP) is 2.85. The zero-order chi connectivity index (χ0) is 20.4. The van der Waals surface area contributed by atoms with Crippen LogP contribution in [-0.2, 0) is 19.1 Å². The first-order valence-electron chi connectivity index (χ1n) is 8.71. The molecule has 8 nitrogen and oxygen atoms in total. The number of alkyl carbamates (subject to hydrolysis) is 1. The number of anilines is 2. The van der Waals surface area contributed by atoms with Crippen LogP contribution in [0.5, 0.6) is 0 Å². The van der Waals surface area contributed by atoms with Gasteiger partial charge in [-0.05, 0) is 45.9 Å². The van der Waals surface area contributed by atoms with E-state index in [0.29, 0.717) is 11.4 Å². The van der Waals surface area contributed by atoms with Crippen LogP contribution in [0.2, 0.25) is 0 Å². The number of hydrogen-bond acceptors (Lipinski definition) is 5. The van der Waals surface area contributed by atoms with Gasteiger partial charge in [0.2, 0.25) is 11.8 Å². The van der Waals surface area contributed by atoms with E-state index in [9.17, 15) is 19.2 Å². The Kier molecular flexibility index (Phi) is 8.44. The van der Waals surface area contributed by atoms with Crippen molar-refractivity contribution < 1.29 is 23.9 Å². The summed E-state index contributed by atoms with van der Waals surface area (Å²) in [6.45, 7) is 6.84. The molecule has 0 saturated carbocycles. The van der Waals surface area contributed by atoms with Crippen molar-refractivity contribution in [3.8, 4) is 0 Å². The van der Waals surface area contributed by atoms with Gasteiger partial charge in [0.15, 0.2) is 0 Å². The molecule has 0 heterocycles. The third-order valence-electron chi connectivity index (χ3n) is 3.15. The van der Waals surface area contributed by atoms with Crippen LogP contribution in [-0.4, -0.2) is 35.8 Å². The van der Waals surface area contributed by atoms with E-state index >= 15 is 0 Å². The fourth-order valence-corrected chi connectivity index (χ4v) is 2.00. The Morgan fingerprint density at radius 3 is 2.00 bits per heavy atom. The van der Waals surface area contributed by atoms with Crippen molar-refractivity contribution in [3.05, 3.63) is 24.3 Å². The molecular weight excluding hydrogens is 350 g/mol. The van der Waals surface area contributed by atoms with Crippen LogP contribution in [0.4, 0.5) is 16.2 Å². The highest BCUT2D eigenvalue weighted by atomic mass is 16.6. The molecule has 148 valence electrons. The predicted molar refractivity (Wildman–Crippen MR) is 102 cm³/mol. The molecule has 0 spiro atoms. The van der Waals surface area contributed by atoms with Gasteiger partial charge in [-0.2, -0.15) is 0 Å². The minimum absolute atomic E-state index is 0.0499. The van der Waals surface area contributed by atoms with E-state index in [1.807, 2.05) is 0 Å². The molecule has 27 heavy (non-hydrogen) atoms. The van der Waals surface area contributed by atoms with Crippen molar-refractivity contribution in [1.29, 1.82) is 0 Å². The maximum absolute atomic E-state index is 12.0. The first kappa shape index (κ1) is 22.1. The number of amides is 3. The van der Waals surface area contributed by atoms with E-state index < -0.39 is 11.7 Å². The van der Waals surface area contributed by atoms with Gasteiger partial charge in [0, 0.05) is 37.2 Å². The van der Waals surface area contributed by atoms with Crippen LogP contribution in [0, 0.1) is 0 Å². The minimum atomic E-state index is -0.596. The number of rotatable bonds is 8. The highest BCUT2D eigenvalue weighted by Crippen LogP contribution is 2.16. The van der Waals surface area contributed by atoms with E-state index in [1.54, 1.807) is 45.0 Å². The van der Waals surface area contributed by atoms with Crippen LogP contribution >= 0.6 is 0 Å². The SMILES string of the molecule is CC(=O)CCC(=O)Nc1cccc(NC(=O)CCNC(=O)OC(C)(C)C)c1. The molecular formula is C19H27N3O5. The van der Waals surface area contributed by atoms with Gasteiger partial charge in [-0.25, -0.2) is 4.79 Å². The summed E-state index contributed by atoms with van der Waals surface area (Å²) in [6, 6.07) is 6.68. The van der Waals surface area contributed by atoms with Gasteiger partial charge in [0.1, 0.15) is 11.4 Å². The summed E-state index contributed by atoms with van der Waals surface area (Å²) in [7, 11) is 0. The average Bonchev–Trinajstić information content (AvgIpc) is 2.51. The average molecular weight is 377 g/mol. The third kappa shape index (κ3) is 10.6. The van der Waals surface area contributed by atoms with Crippen molar-refractivity contribution in [2.45, 2.75) is 52.6 Å². The van der Waals surface area contributed by atoms with E-state index in [0.717, 1.165) is 0 Å². The monoisotopic (exact) mass is 377 g/mol. The highest BCUT2D eigenvalue weighted by molar-refractivity contribution is 5.95. The number of nitrogens with one attached hydrogen (secondary N) is 3. The summed E-state index contributed by atoms with van der Waals surface area (Å²) in [5.41, 5.74) is 0.441. The normalized spacial score (nSPS) is 10.7. The summed E-state index contributed by atoms with van der Waals surface area (Å²) in [5, 5.41) is 7.88. The first-order chi connectivity index (χ1) is 12.5. The second-order valence-corrected chi connectivity index (χ2v) is 7.06. The lowest BCUT2D eigenvalue weighted by Gasteiger charge is -2.19. The molecule has 0 aromatic heterocycles. The van der Waals surface area contributed by atoms with E-state index in [4.69, 9.17) is 4.74 Å². The third-order valence-corrected chi connectivity index (χ3v) is 3.15. The summed E-state index contributed by atoms with van der Waals surface area (Å²) in [5.74, 6) is -0.604. The highest BCUT2D eigenvalue weighted by Gasteiger charge is 2.16. The Balaban J connectivity index is 2.43. The quantitative estimate of drug-likeness (QED) is 0.645. The number of ketones is 1. The van der Waals surface area contributed by atoms with Crippen molar-refractivity contribution >= 4 is 35.1 Å². The second-order valence-electron chi connectivity index (χ2n) is 7.06. The molecule has 0 aliphatic rings. The molecule has 1 aromatic carbocycles. The lowest BCUT2D eigenvalue weighted by Crippen LogP contribution is -2.34. The van der Waals surface area contributed by atoms with Gasteiger partial charge in [-0.3, -0.25) is 9.59 Å². The van der Waals surface area contributed by atoms with Gasteiger partial charge >= 0.3 is 6.09 Å². The molecule has 0 fully saturated rings. The first-order valence-corrected chi connectivity index (χ1v) is 8.71. The van der Waals surface area contributed by atoms with Crippen molar-refractivity contribution in [3.63, 3.8) is 0 Å². The molecule has 0 unspecified atom stereocenters. The van der Waals surface area contributed by atoms with Gasteiger partial charge in [-0.1, -0.05) is 6.07 Å². The van der Waals surface area contributed by atoms with Crippen LogP contribution in [0.3, 0.4) is 0 Å². The van der Waals surface area contributed by atoms with Gasteiger partial charge in [0.25, 0.3) is 0 Å². The summed E-state index contributed by atoms with van der Waals surface area (Å²) in [6.07, 6.45) is -0.200. The van der Waals surface area contributed by atoms with E-state index in [-0.39, 0.29) is 43.4 Å². The number of hydrogen-bond donors (Lipinski definition) is 3. The standard InChI is InChI=1S/C19H27N3O5/c1-13(23)8-9-16(24)21-14-6-5-7-15(12-14)22-17(25)10-11-20-18(26)27-19(2,3)4/h5-7,12H,8-11H2,1-4H3,(H,20,26)(H,21,24)(H,22,25). The Labute approximate surface area is 159 Å². The molecule has 0 radical (unpaired) electrons. The Hall–Kier alpha value is -2.90. The van der Waals surface area contributed by atoms with E-state index in [2.05, 4.69) is 16.0 Å². The maximum Gasteiger partial charge on any atom is 0.407 e. The van der Waals surface area contributed by atoms with Crippen molar-refractivity contribution in [2.24, 2.45) is 0 Å².